The van der Waals surface area contributed by atoms with Crippen molar-refractivity contribution >= 4 is 11.6 Å². The zero-order chi connectivity index (χ0) is 13.8. The highest BCUT2D eigenvalue weighted by Crippen LogP contribution is 2.26. The van der Waals surface area contributed by atoms with E-state index in [4.69, 9.17) is 16.0 Å². The summed E-state index contributed by atoms with van der Waals surface area (Å²) in [6, 6.07) is 8.82. The van der Waals surface area contributed by atoms with Crippen LogP contribution in [-0.2, 0) is 6.54 Å². The number of furan rings is 1. The van der Waals surface area contributed by atoms with E-state index in [1.54, 1.807) is 12.1 Å². The van der Waals surface area contributed by atoms with Crippen molar-refractivity contribution in [3.63, 3.8) is 0 Å². The molecule has 0 radical (unpaired) electrons. The standard InChI is InChI=1S/C15H17ClFNO/c1-3-10(2)18-9-12-5-7-15(19-12)11-4-6-14(17)13(16)8-11/h4-8,10,18H,3,9H2,1-2H3/t10-/m0/s1. The molecular weight excluding hydrogens is 265 g/mol. The van der Waals surface area contributed by atoms with Crippen LogP contribution in [-0.4, -0.2) is 6.04 Å². The molecule has 0 fully saturated rings. The molecule has 19 heavy (non-hydrogen) atoms. The van der Waals surface area contributed by atoms with E-state index in [1.165, 1.54) is 6.07 Å². The fourth-order valence-corrected chi connectivity index (χ4v) is 1.88. The van der Waals surface area contributed by atoms with Gasteiger partial charge in [0.15, 0.2) is 0 Å². The molecule has 1 heterocycles. The van der Waals surface area contributed by atoms with Gasteiger partial charge in [-0.25, -0.2) is 4.39 Å². The number of nitrogens with one attached hydrogen (secondary N) is 1. The Labute approximate surface area is 117 Å². The molecule has 1 aromatic carbocycles. The lowest BCUT2D eigenvalue weighted by Gasteiger charge is -2.09. The van der Waals surface area contributed by atoms with E-state index < -0.39 is 5.82 Å². The highest BCUT2D eigenvalue weighted by Gasteiger charge is 2.08. The summed E-state index contributed by atoms with van der Waals surface area (Å²) in [7, 11) is 0. The van der Waals surface area contributed by atoms with E-state index in [-0.39, 0.29) is 5.02 Å². The molecule has 0 amide bonds. The minimum atomic E-state index is -0.421. The van der Waals surface area contributed by atoms with E-state index in [1.807, 2.05) is 12.1 Å². The first-order valence-corrected chi connectivity index (χ1v) is 6.75. The zero-order valence-corrected chi connectivity index (χ0v) is 11.8. The first-order valence-electron chi connectivity index (χ1n) is 6.37. The SMILES string of the molecule is CC[C@H](C)NCc1ccc(-c2ccc(F)c(Cl)c2)o1. The molecule has 2 aromatic rings. The minimum Gasteiger partial charge on any atom is -0.460 e. The Bertz CT molecular complexity index is 553. The lowest BCUT2D eigenvalue weighted by atomic mass is 10.2. The molecule has 0 unspecified atom stereocenters. The van der Waals surface area contributed by atoms with Crippen molar-refractivity contribution in [1.29, 1.82) is 0 Å². The second-order valence-corrected chi connectivity index (χ2v) is 4.99. The first-order chi connectivity index (χ1) is 9.10. The first kappa shape index (κ1) is 14.1. The largest absolute Gasteiger partial charge is 0.460 e. The second kappa shape index (κ2) is 6.22. The molecule has 0 aliphatic rings. The van der Waals surface area contributed by atoms with Gasteiger partial charge in [-0.1, -0.05) is 18.5 Å². The number of benzene rings is 1. The van der Waals surface area contributed by atoms with Crippen molar-refractivity contribution in [1.82, 2.24) is 5.32 Å². The Morgan fingerprint density at radius 1 is 1.32 bits per heavy atom. The Kier molecular flexibility index (Phi) is 4.61. The average molecular weight is 282 g/mol. The third-order valence-electron chi connectivity index (χ3n) is 3.10. The van der Waals surface area contributed by atoms with E-state index in [0.717, 1.165) is 17.7 Å². The Balaban J connectivity index is 2.09. The van der Waals surface area contributed by atoms with Crippen molar-refractivity contribution in [2.24, 2.45) is 0 Å². The number of rotatable bonds is 5. The number of hydrogen-bond acceptors (Lipinski definition) is 2. The van der Waals surface area contributed by atoms with Gasteiger partial charge in [-0.2, -0.15) is 0 Å². The molecule has 0 saturated heterocycles. The van der Waals surface area contributed by atoms with Crippen LogP contribution < -0.4 is 5.32 Å². The molecule has 1 N–H and O–H groups in total. The molecule has 0 spiro atoms. The van der Waals surface area contributed by atoms with E-state index in [0.29, 0.717) is 18.3 Å². The maximum absolute atomic E-state index is 13.1. The van der Waals surface area contributed by atoms with Gasteiger partial charge in [-0.05, 0) is 43.7 Å². The van der Waals surface area contributed by atoms with Crippen LogP contribution in [0.15, 0.2) is 34.7 Å². The van der Waals surface area contributed by atoms with Gasteiger partial charge in [0.05, 0.1) is 11.6 Å². The predicted molar refractivity (Wildman–Crippen MR) is 75.7 cm³/mol. The van der Waals surface area contributed by atoms with Crippen molar-refractivity contribution in [2.75, 3.05) is 0 Å². The summed E-state index contributed by atoms with van der Waals surface area (Å²) in [5, 5.41) is 3.46. The molecule has 102 valence electrons. The Morgan fingerprint density at radius 3 is 2.79 bits per heavy atom. The third-order valence-corrected chi connectivity index (χ3v) is 3.39. The third kappa shape index (κ3) is 3.58. The summed E-state index contributed by atoms with van der Waals surface area (Å²) in [5.74, 6) is 1.13. The summed E-state index contributed by atoms with van der Waals surface area (Å²) in [6.45, 7) is 4.94. The van der Waals surface area contributed by atoms with Crippen LogP contribution in [0.3, 0.4) is 0 Å². The van der Waals surface area contributed by atoms with Crippen molar-refractivity contribution in [3.05, 3.63) is 46.9 Å². The molecule has 2 rings (SSSR count). The topological polar surface area (TPSA) is 25.2 Å². The highest BCUT2D eigenvalue weighted by atomic mass is 35.5. The van der Waals surface area contributed by atoms with Crippen LogP contribution in [0.4, 0.5) is 4.39 Å². The van der Waals surface area contributed by atoms with E-state index in [9.17, 15) is 4.39 Å². The molecule has 4 heteroatoms. The monoisotopic (exact) mass is 281 g/mol. The number of hydrogen-bond donors (Lipinski definition) is 1. The summed E-state index contributed by atoms with van der Waals surface area (Å²) >= 11 is 5.76. The second-order valence-electron chi connectivity index (χ2n) is 4.59. The summed E-state index contributed by atoms with van der Waals surface area (Å²) in [6.07, 6.45) is 1.07. The van der Waals surface area contributed by atoms with Crippen LogP contribution >= 0.6 is 11.6 Å². The zero-order valence-electron chi connectivity index (χ0n) is 11.0. The van der Waals surface area contributed by atoms with Crippen LogP contribution in [0, 0.1) is 5.82 Å². The summed E-state index contributed by atoms with van der Waals surface area (Å²) in [4.78, 5) is 0. The fraction of sp³-hybridized carbons (Fsp3) is 0.333. The van der Waals surface area contributed by atoms with Gasteiger partial charge >= 0.3 is 0 Å². The predicted octanol–water partition coefficient (Wildman–Crippen LogP) is 4.63. The maximum Gasteiger partial charge on any atom is 0.141 e. The van der Waals surface area contributed by atoms with Crippen LogP contribution in [0.5, 0.6) is 0 Å². The smallest absolute Gasteiger partial charge is 0.141 e. The van der Waals surface area contributed by atoms with Crippen LogP contribution in [0.2, 0.25) is 5.02 Å². The Hall–Kier alpha value is -1.32. The lowest BCUT2D eigenvalue weighted by molar-refractivity contribution is 0.456. The molecule has 0 aliphatic heterocycles. The van der Waals surface area contributed by atoms with Gasteiger partial charge < -0.3 is 9.73 Å². The van der Waals surface area contributed by atoms with Gasteiger partial charge in [0.25, 0.3) is 0 Å². The molecule has 1 atom stereocenters. The summed E-state index contributed by atoms with van der Waals surface area (Å²) < 4.78 is 18.8. The van der Waals surface area contributed by atoms with E-state index >= 15 is 0 Å². The summed E-state index contributed by atoms with van der Waals surface area (Å²) in [5.41, 5.74) is 0.779. The number of halogens is 2. The van der Waals surface area contributed by atoms with Gasteiger partial charge in [0.1, 0.15) is 17.3 Å². The highest BCUT2D eigenvalue weighted by molar-refractivity contribution is 6.31. The molecule has 0 bridgehead atoms. The van der Waals surface area contributed by atoms with E-state index in [2.05, 4.69) is 19.2 Å². The van der Waals surface area contributed by atoms with Crippen LogP contribution in [0.25, 0.3) is 11.3 Å². The fourth-order valence-electron chi connectivity index (χ4n) is 1.70. The Morgan fingerprint density at radius 2 is 2.11 bits per heavy atom. The van der Waals surface area contributed by atoms with Crippen molar-refractivity contribution < 1.29 is 8.81 Å². The van der Waals surface area contributed by atoms with Crippen LogP contribution in [0.1, 0.15) is 26.0 Å². The molecule has 2 nitrogen and oxygen atoms in total. The van der Waals surface area contributed by atoms with Gasteiger partial charge in [0.2, 0.25) is 0 Å². The maximum atomic E-state index is 13.1. The molecule has 0 saturated carbocycles. The minimum absolute atomic E-state index is 0.105. The molecular formula is C15H17ClFNO. The normalized spacial score (nSPS) is 12.6. The molecule has 1 aromatic heterocycles. The van der Waals surface area contributed by atoms with Crippen molar-refractivity contribution in [3.8, 4) is 11.3 Å². The lowest BCUT2D eigenvalue weighted by Crippen LogP contribution is -2.24. The average Bonchev–Trinajstić information content (AvgIpc) is 2.88. The molecule has 0 aliphatic carbocycles. The van der Waals surface area contributed by atoms with Crippen molar-refractivity contribution in [2.45, 2.75) is 32.9 Å². The van der Waals surface area contributed by atoms with Gasteiger partial charge in [-0.15, -0.1) is 0 Å². The quantitative estimate of drug-likeness (QED) is 0.864. The van der Waals surface area contributed by atoms with Gasteiger partial charge in [-0.3, -0.25) is 0 Å². The van der Waals surface area contributed by atoms with Gasteiger partial charge in [0, 0.05) is 11.6 Å².